The maximum absolute atomic E-state index is 13.0. The second-order valence-corrected chi connectivity index (χ2v) is 7.98. The van der Waals surface area contributed by atoms with Gasteiger partial charge in [0.25, 0.3) is 0 Å². The molecule has 0 aliphatic heterocycles. The van der Waals surface area contributed by atoms with E-state index in [1.165, 1.54) is 24.8 Å². The zero-order valence-electron chi connectivity index (χ0n) is 18.9. The number of halogens is 4. The molecule has 0 saturated carbocycles. The van der Waals surface area contributed by atoms with Gasteiger partial charge in [0.1, 0.15) is 24.8 Å². The number of urea groups is 1. The van der Waals surface area contributed by atoms with Crippen molar-refractivity contribution in [3.05, 3.63) is 84.1 Å². The maximum Gasteiger partial charge on any atom is 0.417 e. The smallest absolute Gasteiger partial charge is 0.417 e. The van der Waals surface area contributed by atoms with Crippen LogP contribution in [-0.2, 0) is 22.1 Å². The number of carbonyl (C=O) groups is 2. The molecule has 2 amide bonds. The molecule has 0 unspecified atom stereocenters. The van der Waals surface area contributed by atoms with Gasteiger partial charge in [-0.05, 0) is 42.5 Å². The van der Waals surface area contributed by atoms with Crippen LogP contribution in [0, 0.1) is 0 Å². The monoisotopic (exact) mass is 530 g/mol. The highest BCUT2D eigenvalue weighted by molar-refractivity contribution is 6.31. The van der Waals surface area contributed by atoms with Gasteiger partial charge in [-0.1, -0.05) is 24.3 Å². The van der Waals surface area contributed by atoms with Crippen molar-refractivity contribution in [2.75, 3.05) is 17.2 Å². The van der Waals surface area contributed by atoms with Crippen molar-refractivity contribution >= 4 is 46.1 Å². The predicted molar refractivity (Wildman–Crippen MR) is 131 cm³/mol. The van der Waals surface area contributed by atoms with E-state index in [2.05, 4.69) is 32.2 Å². The molecule has 190 valence electrons. The number of nitrogens with one attached hydrogen (secondary N) is 2. The number of carbonyl (C=O) groups excluding carboxylic acids is 2. The first-order valence-corrected chi connectivity index (χ1v) is 11.0. The largest absolute Gasteiger partial charge is 0.461 e. The Morgan fingerprint density at radius 3 is 2.46 bits per heavy atom. The van der Waals surface area contributed by atoms with Crippen LogP contribution in [0.5, 0.6) is 0 Å². The first-order chi connectivity index (χ1) is 17.7. The molecule has 4 aromatic rings. The van der Waals surface area contributed by atoms with Crippen LogP contribution < -0.4 is 10.6 Å². The second kappa shape index (κ2) is 10.7. The van der Waals surface area contributed by atoms with Crippen LogP contribution in [0.25, 0.3) is 16.9 Å². The van der Waals surface area contributed by atoms with Crippen molar-refractivity contribution in [3.63, 3.8) is 0 Å². The predicted octanol–water partition coefficient (Wildman–Crippen LogP) is 5.40. The molecule has 2 N–H and O–H groups in total. The van der Waals surface area contributed by atoms with E-state index < -0.39 is 28.8 Å². The van der Waals surface area contributed by atoms with E-state index in [0.29, 0.717) is 28.2 Å². The summed E-state index contributed by atoms with van der Waals surface area (Å²) in [6.45, 7) is 3.59. The lowest BCUT2D eigenvalue weighted by molar-refractivity contribution is -0.141. The van der Waals surface area contributed by atoms with Crippen LogP contribution >= 0.6 is 11.6 Å². The van der Waals surface area contributed by atoms with E-state index in [9.17, 15) is 22.8 Å². The number of imidazole rings is 1. The summed E-state index contributed by atoms with van der Waals surface area (Å²) < 4.78 is 45.8. The number of esters is 1. The molecule has 0 aliphatic rings. The highest BCUT2D eigenvalue weighted by Gasteiger charge is 2.33. The molecule has 2 heterocycles. The van der Waals surface area contributed by atoms with Gasteiger partial charge in [-0.15, -0.1) is 0 Å². The Morgan fingerprint density at radius 2 is 1.76 bits per heavy atom. The molecule has 0 aliphatic carbocycles. The van der Waals surface area contributed by atoms with Gasteiger partial charge in [-0.2, -0.15) is 13.2 Å². The van der Waals surface area contributed by atoms with Gasteiger partial charge in [0.2, 0.25) is 0 Å². The number of alkyl halides is 3. The van der Waals surface area contributed by atoms with E-state index in [0.717, 1.165) is 12.1 Å². The minimum absolute atomic E-state index is 0.0698. The number of anilines is 2. The molecule has 4 rings (SSSR count). The van der Waals surface area contributed by atoms with Crippen LogP contribution in [-0.4, -0.2) is 38.1 Å². The Balaban J connectivity index is 1.46. The fourth-order valence-electron chi connectivity index (χ4n) is 3.36. The molecule has 2 aromatic carbocycles. The second-order valence-electron chi connectivity index (χ2n) is 7.57. The number of hydrogen-bond acceptors (Lipinski definition) is 6. The fourth-order valence-corrected chi connectivity index (χ4v) is 3.58. The van der Waals surface area contributed by atoms with Gasteiger partial charge in [0.15, 0.2) is 5.65 Å². The summed E-state index contributed by atoms with van der Waals surface area (Å²) in [5, 5.41) is 4.43. The molecular formula is C24H18ClF3N6O3. The summed E-state index contributed by atoms with van der Waals surface area (Å²) in [4.78, 5) is 36.9. The van der Waals surface area contributed by atoms with E-state index >= 15 is 0 Å². The van der Waals surface area contributed by atoms with Crippen molar-refractivity contribution < 1.29 is 27.5 Å². The van der Waals surface area contributed by atoms with Crippen LogP contribution in [0.2, 0.25) is 5.02 Å². The molecule has 37 heavy (non-hydrogen) atoms. The summed E-state index contributed by atoms with van der Waals surface area (Å²) in [6.07, 6.45) is -0.436. The molecule has 2 aromatic heterocycles. The van der Waals surface area contributed by atoms with E-state index in [-0.39, 0.29) is 18.7 Å². The summed E-state index contributed by atoms with van der Waals surface area (Å²) in [7, 11) is 0. The minimum Gasteiger partial charge on any atom is -0.461 e. The number of nitrogens with zero attached hydrogens (tertiary/aromatic N) is 4. The molecule has 0 atom stereocenters. The first kappa shape index (κ1) is 25.6. The maximum atomic E-state index is 13.0. The van der Waals surface area contributed by atoms with Gasteiger partial charge in [-0.25, -0.2) is 19.7 Å². The number of aromatic nitrogens is 4. The summed E-state index contributed by atoms with van der Waals surface area (Å²) in [5.74, 6) is -0.476. The topological polar surface area (TPSA) is 111 Å². The first-order valence-electron chi connectivity index (χ1n) is 10.6. The zero-order valence-corrected chi connectivity index (χ0v) is 19.7. The van der Waals surface area contributed by atoms with Crippen molar-refractivity contribution in [2.45, 2.75) is 12.6 Å². The van der Waals surface area contributed by atoms with Gasteiger partial charge in [0.05, 0.1) is 22.7 Å². The molecule has 0 fully saturated rings. The fraction of sp³-hybridized carbons (Fsp3) is 0.125. The van der Waals surface area contributed by atoms with Crippen molar-refractivity contribution in [2.24, 2.45) is 0 Å². The Morgan fingerprint density at radius 1 is 1.05 bits per heavy atom. The summed E-state index contributed by atoms with van der Waals surface area (Å²) in [6, 6.07) is 8.89. The van der Waals surface area contributed by atoms with Crippen molar-refractivity contribution in [3.8, 4) is 5.69 Å². The SMILES string of the molecule is C=CCOC(=O)Cc1ncnc2c1ncn2-c1ccc(NC(=O)Nc2ccc(Cl)c(C(F)(F)F)c2)cc1. The summed E-state index contributed by atoms with van der Waals surface area (Å²) >= 11 is 5.60. The number of rotatable bonds is 7. The quantitative estimate of drug-likeness (QED) is 0.244. The highest BCUT2D eigenvalue weighted by atomic mass is 35.5. The zero-order chi connectivity index (χ0) is 26.6. The average Bonchev–Trinajstić information content (AvgIpc) is 3.29. The van der Waals surface area contributed by atoms with Crippen LogP contribution in [0.1, 0.15) is 11.3 Å². The third-order valence-electron chi connectivity index (χ3n) is 5.02. The third kappa shape index (κ3) is 6.04. The lowest BCUT2D eigenvalue weighted by Crippen LogP contribution is -2.20. The average molecular weight is 531 g/mol. The molecule has 0 spiro atoms. The lowest BCUT2D eigenvalue weighted by atomic mass is 10.2. The summed E-state index contributed by atoms with van der Waals surface area (Å²) in [5.41, 5.74) is 1.22. The van der Waals surface area contributed by atoms with Gasteiger partial charge in [0, 0.05) is 17.1 Å². The molecule has 0 bridgehead atoms. The number of fused-ring (bicyclic) bond motifs is 1. The van der Waals surface area contributed by atoms with Crippen LogP contribution in [0.3, 0.4) is 0 Å². The van der Waals surface area contributed by atoms with Crippen molar-refractivity contribution in [1.29, 1.82) is 0 Å². The Bertz CT molecular complexity index is 1470. The highest BCUT2D eigenvalue weighted by Crippen LogP contribution is 2.36. The number of ether oxygens (including phenoxy) is 1. The van der Waals surface area contributed by atoms with E-state index in [1.807, 2.05) is 0 Å². The Kier molecular flexibility index (Phi) is 7.39. The number of amides is 2. The molecule has 0 radical (unpaired) electrons. The lowest BCUT2D eigenvalue weighted by Gasteiger charge is -2.12. The molecule has 13 heteroatoms. The normalized spacial score (nSPS) is 11.2. The van der Waals surface area contributed by atoms with Crippen LogP contribution in [0.15, 0.2) is 67.8 Å². The standard InChI is InChI=1S/C24H18ClF3N6O3/c1-2-9-37-20(35)11-19-21-22(30-12-29-19)34(13-31-21)16-6-3-14(4-7-16)32-23(36)33-15-5-8-18(25)17(10-15)24(26,27)28/h2-8,10,12-13H,1,9,11H2,(H2,32,33,36). The van der Waals surface area contributed by atoms with Crippen LogP contribution in [0.4, 0.5) is 29.3 Å². The number of hydrogen-bond donors (Lipinski definition) is 2. The molecule has 9 nitrogen and oxygen atoms in total. The molecule has 0 saturated heterocycles. The van der Waals surface area contributed by atoms with Gasteiger partial charge < -0.3 is 15.4 Å². The van der Waals surface area contributed by atoms with E-state index in [1.54, 1.807) is 28.8 Å². The van der Waals surface area contributed by atoms with Gasteiger partial charge in [-0.3, -0.25) is 9.36 Å². The Labute approximate surface area is 213 Å². The minimum atomic E-state index is -4.65. The molecular weight excluding hydrogens is 513 g/mol. The Hall–Kier alpha value is -4.45. The number of benzene rings is 2. The van der Waals surface area contributed by atoms with Gasteiger partial charge >= 0.3 is 18.2 Å². The van der Waals surface area contributed by atoms with E-state index in [4.69, 9.17) is 16.3 Å². The third-order valence-corrected chi connectivity index (χ3v) is 5.35. The van der Waals surface area contributed by atoms with Crippen molar-refractivity contribution in [1.82, 2.24) is 19.5 Å².